The average molecular weight is 291 g/mol. The van der Waals surface area contributed by atoms with Gasteiger partial charge in [0, 0.05) is 27.8 Å². The number of nitrogens with zero attached hydrogens (tertiary/aromatic N) is 2. The summed E-state index contributed by atoms with van der Waals surface area (Å²) in [6.45, 7) is 6.36. The molecule has 0 aliphatic rings. The maximum absolute atomic E-state index is 5.49. The van der Waals surface area contributed by atoms with E-state index in [0.29, 0.717) is 11.9 Å². The molecule has 4 N–H and O–H groups in total. The number of hydrogen-bond donors (Lipinski definition) is 3. The number of aryl methyl sites for hydroxylation is 1. The van der Waals surface area contributed by atoms with Gasteiger partial charge in [-0.1, -0.05) is 6.92 Å². The molecule has 0 aromatic carbocycles. The highest BCUT2D eigenvalue weighted by Crippen LogP contribution is 2.22. The number of anilines is 2. The zero-order valence-corrected chi connectivity index (χ0v) is 12.9. The highest BCUT2D eigenvalue weighted by atomic mass is 32.1. The first kappa shape index (κ1) is 14.7. The van der Waals surface area contributed by atoms with Crippen LogP contribution >= 0.6 is 11.3 Å². The fraction of sp³-hybridized carbons (Fsp3) is 0.429. The Morgan fingerprint density at radius 2 is 2.05 bits per heavy atom. The van der Waals surface area contributed by atoms with Crippen molar-refractivity contribution in [2.75, 3.05) is 10.7 Å². The van der Waals surface area contributed by atoms with Crippen LogP contribution in [0.2, 0.25) is 0 Å². The van der Waals surface area contributed by atoms with Crippen LogP contribution in [0.5, 0.6) is 0 Å². The molecule has 0 radical (unpaired) electrons. The van der Waals surface area contributed by atoms with Crippen molar-refractivity contribution in [1.29, 1.82) is 0 Å². The normalized spacial score (nSPS) is 12.2. The Hall–Kier alpha value is -1.66. The van der Waals surface area contributed by atoms with E-state index in [4.69, 9.17) is 5.84 Å². The fourth-order valence-electron chi connectivity index (χ4n) is 2.18. The van der Waals surface area contributed by atoms with Gasteiger partial charge >= 0.3 is 0 Å². The van der Waals surface area contributed by atoms with Crippen LogP contribution in [0.1, 0.15) is 29.2 Å². The van der Waals surface area contributed by atoms with Crippen molar-refractivity contribution in [2.45, 2.75) is 39.7 Å². The van der Waals surface area contributed by atoms with Crippen LogP contribution in [0.25, 0.3) is 0 Å². The van der Waals surface area contributed by atoms with E-state index in [1.807, 2.05) is 11.3 Å². The minimum Gasteiger partial charge on any atom is -0.367 e. The largest absolute Gasteiger partial charge is 0.367 e. The van der Waals surface area contributed by atoms with Crippen molar-refractivity contribution in [2.24, 2.45) is 5.84 Å². The Morgan fingerprint density at radius 1 is 1.30 bits per heavy atom. The van der Waals surface area contributed by atoms with Crippen molar-refractivity contribution in [3.63, 3.8) is 0 Å². The first-order valence-corrected chi connectivity index (χ1v) is 7.58. The summed E-state index contributed by atoms with van der Waals surface area (Å²) in [4.78, 5) is 11.2. The summed E-state index contributed by atoms with van der Waals surface area (Å²) in [6, 6.07) is 4.65. The van der Waals surface area contributed by atoms with E-state index in [0.717, 1.165) is 24.2 Å². The molecule has 0 fully saturated rings. The maximum atomic E-state index is 5.49. The minimum absolute atomic E-state index is 0.305. The highest BCUT2D eigenvalue weighted by Gasteiger charge is 2.12. The molecule has 6 heteroatoms. The SMILES string of the molecule is CCc1c(NN)ncnc1NC(C)Cc1ccc(C)s1. The lowest BCUT2D eigenvalue weighted by Crippen LogP contribution is -2.21. The number of nitrogens with one attached hydrogen (secondary N) is 2. The Bertz CT molecular complexity index is 566. The third kappa shape index (κ3) is 3.46. The Morgan fingerprint density at radius 3 is 2.65 bits per heavy atom. The molecule has 5 nitrogen and oxygen atoms in total. The molecule has 2 rings (SSSR count). The van der Waals surface area contributed by atoms with Gasteiger partial charge in [-0.25, -0.2) is 15.8 Å². The average Bonchev–Trinajstić information content (AvgIpc) is 2.83. The second-order valence-corrected chi connectivity index (χ2v) is 6.18. The molecule has 0 spiro atoms. The maximum Gasteiger partial charge on any atom is 0.148 e. The molecule has 1 unspecified atom stereocenters. The molecule has 108 valence electrons. The molecular weight excluding hydrogens is 270 g/mol. The van der Waals surface area contributed by atoms with E-state index in [2.05, 4.69) is 53.6 Å². The van der Waals surface area contributed by atoms with E-state index in [9.17, 15) is 0 Å². The van der Waals surface area contributed by atoms with Crippen LogP contribution in [-0.4, -0.2) is 16.0 Å². The Kier molecular flexibility index (Phi) is 4.92. The molecule has 2 aromatic heterocycles. The second kappa shape index (κ2) is 6.67. The number of nitrogens with two attached hydrogens (primary N) is 1. The van der Waals surface area contributed by atoms with Gasteiger partial charge in [0.2, 0.25) is 0 Å². The van der Waals surface area contributed by atoms with Gasteiger partial charge in [0.25, 0.3) is 0 Å². The molecule has 0 aliphatic carbocycles. The first-order chi connectivity index (χ1) is 9.63. The van der Waals surface area contributed by atoms with Crippen LogP contribution in [0.3, 0.4) is 0 Å². The fourth-order valence-corrected chi connectivity index (χ4v) is 3.20. The van der Waals surface area contributed by atoms with Crippen LogP contribution < -0.4 is 16.6 Å². The van der Waals surface area contributed by atoms with E-state index < -0.39 is 0 Å². The third-order valence-electron chi connectivity index (χ3n) is 3.12. The van der Waals surface area contributed by atoms with Gasteiger partial charge in [-0.15, -0.1) is 11.3 Å². The van der Waals surface area contributed by atoms with Crippen molar-refractivity contribution in [3.05, 3.63) is 33.8 Å². The lowest BCUT2D eigenvalue weighted by atomic mass is 10.1. The third-order valence-corrected chi connectivity index (χ3v) is 4.15. The molecule has 0 saturated carbocycles. The van der Waals surface area contributed by atoms with E-state index >= 15 is 0 Å². The van der Waals surface area contributed by atoms with Gasteiger partial charge in [-0.2, -0.15) is 0 Å². The number of hydrazine groups is 1. The Labute approximate surface area is 123 Å². The van der Waals surface area contributed by atoms with Gasteiger partial charge in [0.1, 0.15) is 18.0 Å². The summed E-state index contributed by atoms with van der Waals surface area (Å²) in [5.74, 6) is 7.03. The summed E-state index contributed by atoms with van der Waals surface area (Å²) < 4.78 is 0. The molecule has 0 aliphatic heterocycles. The quantitative estimate of drug-likeness (QED) is 0.563. The van der Waals surface area contributed by atoms with Gasteiger partial charge in [0.15, 0.2) is 0 Å². The smallest absolute Gasteiger partial charge is 0.148 e. The summed E-state index contributed by atoms with van der Waals surface area (Å²) in [7, 11) is 0. The van der Waals surface area contributed by atoms with Crippen LogP contribution in [0.15, 0.2) is 18.5 Å². The van der Waals surface area contributed by atoms with Crippen LogP contribution in [0, 0.1) is 6.92 Å². The minimum atomic E-state index is 0.305. The summed E-state index contributed by atoms with van der Waals surface area (Å²) in [6.07, 6.45) is 3.34. The molecule has 2 aromatic rings. The zero-order chi connectivity index (χ0) is 14.5. The topological polar surface area (TPSA) is 75.9 Å². The summed E-state index contributed by atoms with van der Waals surface area (Å²) >= 11 is 1.84. The van der Waals surface area contributed by atoms with Gasteiger partial charge in [-0.3, -0.25) is 0 Å². The number of hydrogen-bond acceptors (Lipinski definition) is 6. The lowest BCUT2D eigenvalue weighted by Gasteiger charge is -2.17. The molecule has 0 bridgehead atoms. The highest BCUT2D eigenvalue weighted by molar-refractivity contribution is 7.11. The second-order valence-electron chi connectivity index (χ2n) is 4.81. The van der Waals surface area contributed by atoms with E-state index in [1.54, 1.807) is 0 Å². The van der Waals surface area contributed by atoms with Gasteiger partial charge in [0.05, 0.1) is 0 Å². The number of rotatable bonds is 6. The lowest BCUT2D eigenvalue weighted by molar-refractivity contribution is 0.789. The first-order valence-electron chi connectivity index (χ1n) is 6.76. The zero-order valence-electron chi connectivity index (χ0n) is 12.1. The van der Waals surface area contributed by atoms with Crippen LogP contribution in [-0.2, 0) is 12.8 Å². The molecular formula is C14H21N5S. The standard InChI is InChI=1S/C14H21N5S/c1-4-12-13(16-8-17-14(12)19-15)18-9(2)7-11-6-5-10(3)20-11/h5-6,8-9H,4,7,15H2,1-3H3,(H2,16,17,18,19). The molecule has 0 amide bonds. The van der Waals surface area contributed by atoms with Crippen molar-refractivity contribution in [3.8, 4) is 0 Å². The van der Waals surface area contributed by atoms with Gasteiger partial charge < -0.3 is 10.7 Å². The monoisotopic (exact) mass is 291 g/mol. The predicted octanol–water partition coefficient (Wildman–Crippen LogP) is 2.74. The summed E-state index contributed by atoms with van der Waals surface area (Å²) in [5, 5.41) is 3.45. The van der Waals surface area contributed by atoms with E-state index in [-0.39, 0.29) is 0 Å². The van der Waals surface area contributed by atoms with Gasteiger partial charge in [-0.05, 0) is 32.4 Å². The molecule has 20 heavy (non-hydrogen) atoms. The van der Waals surface area contributed by atoms with E-state index in [1.165, 1.54) is 16.1 Å². The predicted molar refractivity (Wildman–Crippen MR) is 85.1 cm³/mol. The Balaban J connectivity index is 2.09. The number of nitrogen functional groups attached to an aromatic ring is 1. The summed E-state index contributed by atoms with van der Waals surface area (Å²) in [5.41, 5.74) is 3.64. The van der Waals surface area contributed by atoms with Crippen molar-refractivity contribution >= 4 is 23.0 Å². The van der Waals surface area contributed by atoms with Crippen molar-refractivity contribution < 1.29 is 0 Å². The molecule has 1 atom stereocenters. The number of aromatic nitrogens is 2. The van der Waals surface area contributed by atoms with Crippen molar-refractivity contribution in [1.82, 2.24) is 9.97 Å². The molecule has 0 saturated heterocycles. The number of thiophene rings is 1. The molecule has 2 heterocycles. The van der Waals surface area contributed by atoms with Crippen LogP contribution in [0.4, 0.5) is 11.6 Å².